The Kier molecular flexibility index (Phi) is 4.14. The average molecular weight is 375 g/mol. The quantitative estimate of drug-likeness (QED) is 0.763. The van der Waals surface area contributed by atoms with Gasteiger partial charge in [0.25, 0.3) is 5.56 Å². The Hall–Kier alpha value is -3.23. The maximum Gasteiger partial charge on any atom is 0.387 e. The molecule has 1 aromatic carbocycles. The lowest BCUT2D eigenvalue weighted by atomic mass is 9.76. The van der Waals surface area contributed by atoms with E-state index in [1.165, 1.54) is 18.2 Å². The highest BCUT2D eigenvalue weighted by molar-refractivity contribution is 6.01. The Morgan fingerprint density at radius 2 is 1.85 bits per heavy atom. The second-order valence-electron chi connectivity index (χ2n) is 6.34. The molecule has 0 spiro atoms. The number of ether oxygens (including phenoxy) is 1. The number of benzene rings is 1. The summed E-state index contributed by atoms with van der Waals surface area (Å²) in [5.74, 6) is -1.05. The van der Waals surface area contributed by atoms with Gasteiger partial charge in [-0.05, 0) is 18.9 Å². The van der Waals surface area contributed by atoms with Gasteiger partial charge in [0.05, 0.1) is 11.5 Å². The van der Waals surface area contributed by atoms with E-state index in [1.807, 2.05) is 0 Å². The van der Waals surface area contributed by atoms with Crippen molar-refractivity contribution in [2.45, 2.75) is 31.8 Å². The molecular formula is C18H15F2N3O4. The lowest BCUT2D eigenvalue weighted by Gasteiger charge is -2.33. The summed E-state index contributed by atoms with van der Waals surface area (Å²) in [6.45, 7) is -3.06. The number of fused-ring (bicyclic) bond motifs is 1. The van der Waals surface area contributed by atoms with Crippen LogP contribution in [-0.2, 0) is 4.79 Å². The molecule has 1 aliphatic heterocycles. The summed E-state index contributed by atoms with van der Waals surface area (Å²) in [5, 5.41) is 2.97. The van der Waals surface area contributed by atoms with Crippen LogP contribution in [0.2, 0.25) is 0 Å². The van der Waals surface area contributed by atoms with Gasteiger partial charge in [-0.1, -0.05) is 18.2 Å². The lowest BCUT2D eigenvalue weighted by molar-refractivity contribution is -0.116. The molecule has 3 N–H and O–H groups in total. The first kappa shape index (κ1) is 17.2. The largest absolute Gasteiger partial charge is 0.435 e. The van der Waals surface area contributed by atoms with E-state index in [4.69, 9.17) is 0 Å². The van der Waals surface area contributed by atoms with Crippen molar-refractivity contribution >= 4 is 11.6 Å². The predicted octanol–water partition coefficient (Wildman–Crippen LogP) is 2.23. The second kappa shape index (κ2) is 6.49. The van der Waals surface area contributed by atoms with E-state index in [9.17, 15) is 23.2 Å². The Labute approximate surface area is 151 Å². The van der Waals surface area contributed by atoms with Gasteiger partial charge in [-0.2, -0.15) is 8.78 Å². The van der Waals surface area contributed by atoms with Gasteiger partial charge in [0.2, 0.25) is 0 Å². The maximum atomic E-state index is 12.9. The monoisotopic (exact) mass is 375 g/mol. The number of alkyl halides is 2. The van der Waals surface area contributed by atoms with Crippen molar-refractivity contribution in [3.8, 4) is 5.75 Å². The van der Waals surface area contributed by atoms with Crippen molar-refractivity contribution in [3.63, 3.8) is 0 Å². The van der Waals surface area contributed by atoms with Crippen molar-refractivity contribution in [2.24, 2.45) is 0 Å². The number of para-hydroxylation sites is 1. The van der Waals surface area contributed by atoms with Crippen molar-refractivity contribution in [3.05, 3.63) is 67.5 Å². The molecule has 0 saturated heterocycles. The van der Waals surface area contributed by atoms with Crippen LogP contribution in [0.25, 0.3) is 0 Å². The van der Waals surface area contributed by atoms with Crippen molar-refractivity contribution in [1.82, 2.24) is 9.97 Å². The summed E-state index contributed by atoms with van der Waals surface area (Å²) in [4.78, 5) is 41.6. The highest BCUT2D eigenvalue weighted by atomic mass is 19.3. The number of aromatic nitrogens is 2. The third kappa shape index (κ3) is 2.94. The number of allylic oxidation sites excluding steroid dienone is 2. The normalized spacial score (nSPS) is 18.8. The first-order valence-corrected chi connectivity index (χ1v) is 8.39. The number of Topliss-reactive ketones (excluding diaryl/α,β-unsaturated/α-hetero) is 1. The number of hydrogen-bond donors (Lipinski definition) is 3. The molecule has 7 nitrogen and oxygen atoms in total. The predicted molar refractivity (Wildman–Crippen MR) is 92.1 cm³/mol. The van der Waals surface area contributed by atoms with Crippen LogP contribution in [0.1, 0.15) is 36.3 Å². The molecule has 0 radical (unpaired) electrons. The molecule has 9 heteroatoms. The molecule has 27 heavy (non-hydrogen) atoms. The molecule has 1 atom stereocenters. The van der Waals surface area contributed by atoms with Crippen molar-refractivity contribution in [1.29, 1.82) is 0 Å². The van der Waals surface area contributed by atoms with Gasteiger partial charge >= 0.3 is 12.3 Å². The van der Waals surface area contributed by atoms with Gasteiger partial charge in [-0.15, -0.1) is 0 Å². The van der Waals surface area contributed by atoms with E-state index >= 15 is 0 Å². The number of rotatable bonds is 3. The van der Waals surface area contributed by atoms with E-state index < -0.39 is 23.8 Å². The molecule has 2 heterocycles. The number of carbonyl (C=O) groups excluding carboxylic acids is 1. The Bertz CT molecular complexity index is 1070. The van der Waals surface area contributed by atoms with Gasteiger partial charge < -0.3 is 10.1 Å². The fourth-order valence-electron chi connectivity index (χ4n) is 3.73. The third-order valence-electron chi connectivity index (χ3n) is 4.74. The molecule has 4 rings (SSSR count). The van der Waals surface area contributed by atoms with Crippen LogP contribution in [0.3, 0.4) is 0 Å². The summed E-state index contributed by atoms with van der Waals surface area (Å²) in [7, 11) is 0. The fourth-order valence-corrected chi connectivity index (χ4v) is 3.73. The van der Waals surface area contributed by atoms with Gasteiger partial charge in [-0.25, -0.2) is 4.79 Å². The molecule has 2 aromatic rings. The van der Waals surface area contributed by atoms with Crippen LogP contribution in [0.4, 0.5) is 14.6 Å². The highest BCUT2D eigenvalue weighted by Crippen LogP contribution is 2.45. The van der Waals surface area contributed by atoms with Crippen LogP contribution >= 0.6 is 0 Å². The molecule has 2 aliphatic rings. The molecule has 0 bridgehead atoms. The molecule has 0 saturated carbocycles. The Morgan fingerprint density at radius 3 is 2.63 bits per heavy atom. The summed E-state index contributed by atoms with van der Waals surface area (Å²) in [6, 6.07) is 6.03. The van der Waals surface area contributed by atoms with Crippen LogP contribution < -0.4 is 21.3 Å². The average Bonchev–Trinajstić information content (AvgIpc) is 2.60. The van der Waals surface area contributed by atoms with Gasteiger partial charge in [-0.3, -0.25) is 19.6 Å². The topological polar surface area (TPSA) is 104 Å². The first-order valence-electron chi connectivity index (χ1n) is 8.39. The van der Waals surface area contributed by atoms with E-state index in [-0.39, 0.29) is 28.5 Å². The summed E-state index contributed by atoms with van der Waals surface area (Å²) in [6.07, 6.45) is 1.46. The van der Waals surface area contributed by atoms with Gasteiger partial charge in [0.15, 0.2) is 5.78 Å². The summed E-state index contributed by atoms with van der Waals surface area (Å²) in [5.41, 5.74) is -0.112. The summed E-state index contributed by atoms with van der Waals surface area (Å²) >= 11 is 0. The molecule has 1 unspecified atom stereocenters. The zero-order chi connectivity index (χ0) is 19.1. The SMILES string of the molecule is O=C1CCCC2=C1C(c1ccccc1OC(F)F)c1c([nH]c(=O)[nH]c1=O)N2. The minimum atomic E-state index is -3.06. The van der Waals surface area contributed by atoms with E-state index in [1.54, 1.807) is 6.07 Å². The minimum Gasteiger partial charge on any atom is -0.435 e. The van der Waals surface area contributed by atoms with Crippen LogP contribution in [-0.4, -0.2) is 22.4 Å². The van der Waals surface area contributed by atoms with Crippen LogP contribution in [0, 0.1) is 0 Å². The number of carbonyl (C=O) groups is 1. The highest BCUT2D eigenvalue weighted by Gasteiger charge is 2.38. The number of hydrogen-bond acceptors (Lipinski definition) is 5. The number of halogens is 2. The lowest BCUT2D eigenvalue weighted by Crippen LogP contribution is -2.36. The van der Waals surface area contributed by atoms with Crippen LogP contribution in [0.15, 0.2) is 45.1 Å². The molecule has 1 aromatic heterocycles. The van der Waals surface area contributed by atoms with Gasteiger partial charge in [0.1, 0.15) is 11.6 Å². The van der Waals surface area contributed by atoms with E-state index in [2.05, 4.69) is 20.0 Å². The Balaban J connectivity index is 2.00. The summed E-state index contributed by atoms with van der Waals surface area (Å²) < 4.78 is 30.4. The number of H-pyrrole nitrogens is 2. The maximum absolute atomic E-state index is 12.9. The zero-order valence-electron chi connectivity index (χ0n) is 14.0. The molecule has 0 amide bonds. The van der Waals surface area contributed by atoms with Gasteiger partial charge in [0, 0.05) is 23.3 Å². The second-order valence-corrected chi connectivity index (χ2v) is 6.34. The van der Waals surface area contributed by atoms with E-state index in [0.717, 1.165) is 0 Å². The minimum absolute atomic E-state index is 0.0916. The number of ketones is 1. The number of nitrogens with one attached hydrogen (secondary N) is 3. The van der Waals surface area contributed by atoms with Crippen LogP contribution in [0.5, 0.6) is 5.75 Å². The molecule has 0 fully saturated rings. The van der Waals surface area contributed by atoms with Crippen molar-refractivity contribution in [2.75, 3.05) is 5.32 Å². The zero-order valence-corrected chi connectivity index (χ0v) is 14.0. The molecule has 1 aliphatic carbocycles. The smallest absolute Gasteiger partial charge is 0.387 e. The number of aromatic amines is 2. The number of anilines is 1. The van der Waals surface area contributed by atoms with Crippen molar-refractivity contribution < 1.29 is 18.3 Å². The fraction of sp³-hybridized carbons (Fsp3) is 0.278. The molecular weight excluding hydrogens is 360 g/mol. The third-order valence-corrected chi connectivity index (χ3v) is 4.74. The van der Waals surface area contributed by atoms with E-state index in [0.29, 0.717) is 30.5 Å². The molecule has 140 valence electrons. The first-order chi connectivity index (χ1) is 13.0. The Morgan fingerprint density at radius 1 is 1.07 bits per heavy atom. The standard InChI is InChI=1S/C18H15F2N3O4/c19-17(20)27-11-7-2-1-4-8(11)12-13-9(5-3-6-10(13)24)21-15-14(12)16(25)23-18(26)22-15/h1-2,4,7,12,17H,3,5-6H2,(H3,21,22,23,25,26).